The molecule has 0 aliphatic carbocycles. The molecule has 0 N–H and O–H groups in total. The van der Waals surface area contributed by atoms with Crippen LogP contribution in [0.4, 0.5) is 0 Å². The maximum absolute atomic E-state index is 8.81. The first-order valence-electron chi connectivity index (χ1n) is 4.80. The van der Waals surface area contributed by atoms with Crippen LogP contribution in [0.3, 0.4) is 0 Å². The van der Waals surface area contributed by atoms with Gasteiger partial charge in [0.15, 0.2) is 0 Å². The second-order valence-corrected chi connectivity index (χ2v) is 4.47. The average molecular weight is 230 g/mol. The van der Waals surface area contributed by atoms with Crippen LogP contribution in [0.2, 0.25) is 0 Å². The number of aryl methyl sites for hydroxylation is 2. The van der Waals surface area contributed by atoms with E-state index in [1.807, 2.05) is 32.0 Å². The molecule has 0 radical (unpaired) electrons. The van der Waals surface area contributed by atoms with Gasteiger partial charge in [-0.2, -0.15) is 5.26 Å². The van der Waals surface area contributed by atoms with Crippen molar-refractivity contribution in [2.45, 2.75) is 24.0 Å². The summed E-state index contributed by atoms with van der Waals surface area (Å²) >= 11 is 1.45. The number of nitriles is 1. The third kappa shape index (κ3) is 2.26. The molecule has 0 spiro atoms. The third-order valence-corrected chi connectivity index (χ3v) is 2.97. The van der Waals surface area contributed by atoms with Crippen molar-refractivity contribution in [1.29, 1.82) is 5.26 Å². The number of rotatable bonds is 2. The Bertz CT molecular complexity index is 554. The lowest BCUT2D eigenvalue weighted by Crippen LogP contribution is -1.82. The number of nitrogens with zero attached hydrogens (tertiary/aromatic N) is 2. The van der Waals surface area contributed by atoms with E-state index in [9.17, 15) is 0 Å². The molecule has 1 aromatic carbocycles. The molecule has 0 fully saturated rings. The number of aromatic nitrogens is 1. The minimum atomic E-state index is 0.626. The van der Waals surface area contributed by atoms with E-state index in [2.05, 4.69) is 11.1 Å². The largest absolute Gasteiger partial charge is 0.439 e. The molecule has 0 aliphatic heterocycles. The highest BCUT2D eigenvalue weighted by atomic mass is 32.2. The minimum absolute atomic E-state index is 0.626. The fraction of sp³-hybridized carbons (Fsp3) is 0.167. The molecule has 3 nitrogen and oxygen atoms in total. The zero-order chi connectivity index (χ0) is 11.5. The summed E-state index contributed by atoms with van der Waals surface area (Å²) in [6, 6.07) is 7.81. The maximum atomic E-state index is 8.81. The molecule has 0 unspecified atom stereocenters. The van der Waals surface area contributed by atoms with Crippen LogP contribution in [0.5, 0.6) is 0 Å². The Morgan fingerprint density at radius 1 is 1.38 bits per heavy atom. The van der Waals surface area contributed by atoms with E-state index in [0.29, 0.717) is 10.8 Å². The topological polar surface area (TPSA) is 49.8 Å². The molecule has 2 aromatic rings. The van der Waals surface area contributed by atoms with E-state index in [4.69, 9.17) is 9.68 Å². The number of oxazole rings is 1. The molecule has 4 heteroatoms. The second-order valence-electron chi connectivity index (χ2n) is 3.45. The van der Waals surface area contributed by atoms with Gasteiger partial charge in [-0.3, -0.25) is 0 Å². The molecule has 80 valence electrons. The van der Waals surface area contributed by atoms with Gasteiger partial charge in [0.25, 0.3) is 5.22 Å². The van der Waals surface area contributed by atoms with E-state index in [0.717, 1.165) is 16.2 Å². The zero-order valence-corrected chi connectivity index (χ0v) is 9.84. The first-order valence-corrected chi connectivity index (χ1v) is 5.61. The van der Waals surface area contributed by atoms with Gasteiger partial charge in [-0.15, -0.1) is 0 Å². The van der Waals surface area contributed by atoms with Crippen molar-refractivity contribution in [3.05, 3.63) is 41.3 Å². The Morgan fingerprint density at radius 2 is 2.19 bits per heavy atom. The van der Waals surface area contributed by atoms with Crippen molar-refractivity contribution in [3.8, 4) is 6.07 Å². The Labute approximate surface area is 98.1 Å². The van der Waals surface area contributed by atoms with Crippen molar-refractivity contribution in [3.63, 3.8) is 0 Å². The summed E-state index contributed by atoms with van der Waals surface area (Å²) in [6.45, 7) is 3.81. The standard InChI is InChI=1S/C12H10N2OS/c1-8-5-11(4-3-10(8)6-13)16-12-14-9(2)7-15-12/h3-5,7H,1-2H3. The highest BCUT2D eigenvalue weighted by Crippen LogP contribution is 2.28. The van der Waals surface area contributed by atoms with Crippen molar-refractivity contribution >= 4 is 11.8 Å². The highest BCUT2D eigenvalue weighted by Gasteiger charge is 2.05. The van der Waals surface area contributed by atoms with Gasteiger partial charge in [0.1, 0.15) is 6.26 Å². The van der Waals surface area contributed by atoms with Crippen molar-refractivity contribution in [1.82, 2.24) is 4.98 Å². The normalized spacial score (nSPS) is 10.1. The monoisotopic (exact) mass is 230 g/mol. The van der Waals surface area contributed by atoms with Crippen LogP contribution in [0.1, 0.15) is 16.8 Å². The molecule has 0 saturated heterocycles. The fourth-order valence-electron chi connectivity index (χ4n) is 1.31. The summed E-state index contributed by atoms with van der Waals surface area (Å²) in [5, 5.41) is 9.44. The van der Waals surface area contributed by atoms with Gasteiger partial charge in [-0.25, -0.2) is 4.98 Å². The van der Waals surface area contributed by atoms with Crippen LogP contribution >= 0.6 is 11.8 Å². The molecule has 1 heterocycles. The molecule has 0 atom stereocenters. The molecular formula is C12H10N2OS. The van der Waals surface area contributed by atoms with Crippen molar-refractivity contribution in [2.24, 2.45) is 0 Å². The van der Waals surface area contributed by atoms with Gasteiger partial charge in [-0.05, 0) is 49.4 Å². The van der Waals surface area contributed by atoms with Crippen LogP contribution in [-0.4, -0.2) is 4.98 Å². The quantitative estimate of drug-likeness (QED) is 0.794. The highest BCUT2D eigenvalue weighted by molar-refractivity contribution is 7.99. The second kappa shape index (κ2) is 4.42. The first-order chi connectivity index (χ1) is 7.69. The SMILES string of the molecule is Cc1coc(Sc2ccc(C#N)c(C)c2)n1. The average Bonchev–Trinajstić information content (AvgIpc) is 2.64. The number of benzene rings is 1. The summed E-state index contributed by atoms with van der Waals surface area (Å²) in [7, 11) is 0. The lowest BCUT2D eigenvalue weighted by Gasteiger charge is -2.00. The third-order valence-electron chi connectivity index (χ3n) is 2.12. The summed E-state index contributed by atoms with van der Waals surface area (Å²) < 4.78 is 5.25. The predicted octanol–water partition coefficient (Wildman–Crippen LogP) is 3.31. The van der Waals surface area contributed by atoms with E-state index in [1.165, 1.54) is 11.8 Å². The Balaban J connectivity index is 2.23. The molecule has 0 saturated carbocycles. The Hall–Kier alpha value is -1.73. The molecule has 2 rings (SSSR count). The van der Waals surface area contributed by atoms with Crippen LogP contribution in [0.25, 0.3) is 0 Å². The van der Waals surface area contributed by atoms with Crippen LogP contribution in [-0.2, 0) is 0 Å². The lowest BCUT2D eigenvalue weighted by molar-refractivity contribution is 0.454. The smallest absolute Gasteiger partial charge is 0.260 e. The van der Waals surface area contributed by atoms with E-state index in [1.54, 1.807) is 6.26 Å². The Morgan fingerprint density at radius 3 is 2.75 bits per heavy atom. The maximum Gasteiger partial charge on any atom is 0.260 e. The van der Waals surface area contributed by atoms with E-state index < -0.39 is 0 Å². The van der Waals surface area contributed by atoms with Crippen LogP contribution < -0.4 is 0 Å². The van der Waals surface area contributed by atoms with Crippen molar-refractivity contribution in [2.75, 3.05) is 0 Å². The molecule has 16 heavy (non-hydrogen) atoms. The van der Waals surface area contributed by atoms with Gasteiger partial charge >= 0.3 is 0 Å². The summed E-state index contributed by atoms with van der Waals surface area (Å²) in [4.78, 5) is 5.24. The van der Waals surface area contributed by atoms with Crippen LogP contribution in [0, 0.1) is 25.2 Å². The summed E-state index contributed by atoms with van der Waals surface area (Å²) in [5.41, 5.74) is 2.54. The van der Waals surface area contributed by atoms with Gasteiger partial charge in [-0.1, -0.05) is 0 Å². The summed E-state index contributed by atoms with van der Waals surface area (Å²) in [6.07, 6.45) is 1.62. The van der Waals surface area contributed by atoms with Gasteiger partial charge < -0.3 is 4.42 Å². The van der Waals surface area contributed by atoms with E-state index >= 15 is 0 Å². The van der Waals surface area contributed by atoms with Gasteiger partial charge in [0, 0.05) is 4.90 Å². The van der Waals surface area contributed by atoms with Gasteiger partial charge in [0.05, 0.1) is 17.3 Å². The van der Waals surface area contributed by atoms with Crippen LogP contribution in [0.15, 0.2) is 39.0 Å². The fourth-order valence-corrected chi connectivity index (χ4v) is 2.16. The predicted molar refractivity (Wildman–Crippen MR) is 61.3 cm³/mol. The Kier molecular flexibility index (Phi) is 2.97. The lowest BCUT2D eigenvalue weighted by atomic mass is 10.1. The number of hydrogen-bond donors (Lipinski definition) is 0. The molecule has 1 aromatic heterocycles. The van der Waals surface area contributed by atoms with Gasteiger partial charge in [0.2, 0.25) is 0 Å². The van der Waals surface area contributed by atoms with Crippen molar-refractivity contribution < 1.29 is 4.42 Å². The summed E-state index contributed by atoms with van der Waals surface area (Å²) in [5.74, 6) is 0. The molecule has 0 amide bonds. The zero-order valence-electron chi connectivity index (χ0n) is 9.02. The molecule has 0 aliphatic rings. The first kappa shape index (κ1) is 10.8. The molecular weight excluding hydrogens is 220 g/mol. The minimum Gasteiger partial charge on any atom is -0.439 e. The number of hydrogen-bond acceptors (Lipinski definition) is 4. The molecule has 0 bridgehead atoms. The van der Waals surface area contributed by atoms with E-state index in [-0.39, 0.29) is 0 Å².